The van der Waals surface area contributed by atoms with E-state index in [0.29, 0.717) is 47.3 Å². The molecule has 0 aliphatic rings. The van der Waals surface area contributed by atoms with Crippen molar-refractivity contribution in [3.05, 3.63) is 0 Å². The first-order valence-corrected chi connectivity index (χ1v) is 52.7. The molecule has 0 aromatic rings. The quantitative estimate of drug-likeness (QED) is 0.0438. The molecule has 105 heavy (non-hydrogen) atoms. The Hall–Kier alpha value is -1.32. The molecule has 0 bridgehead atoms. The van der Waals surface area contributed by atoms with Gasteiger partial charge in [0.05, 0.1) is 0 Å². The van der Waals surface area contributed by atoms with Crippen molar-refractivity contribution in [2.24, 2.45) is 21.7 Å². The van der Waals surface area contributed by atoms with E-state index in [-0.39, 0.29) is 25.7 Å². The van der Waals surface area contributed by atoms with E-state index in [1.165, 1.54) is 360 Å². The first-order valence-electron chi connectivity index (χ1n) is 48.0. The summed E-state index contributed by atoms with van der Waals surface area (Å²) in [4.78, 5) is 56.6. The molecule has 0 aliphatic carbocycles. The minimum Gasteiger partial charge on any atom is -0.0654 e. The first-order chi connectivity index (χ1) is 51.1. The number of carbonyl (C=O) groups excluding carboxylic acids is 4. The molecule has 0 saturated carbocycles. The molecule has 0 saturated heterocycles. The van der Waals surface area contributed by atoms with Crippen LogP contribution in [0.25, 0.3) is 0 Å². The van der Waals surface area contributed by atoms with Crippen molar-refractivity contribution < 1.29 is 31.5 Å². The standard InChI is InChI=1S/4C24H48O2.Sn/c4*1-4-7-19-24(20-8-5-2,21-9-6-3)22-17-15-13-11-10-12-14-16-18-23(25)26;/h4*4-22H2,1-3H3,(H,25,26);/q;;;;+4/p-4. The zero-order valence-electron chi connectivity index (χ0n) is 73.5. The predicted molar refractivity (Wildman–Crippen MR) is 459 cm³/mol. The molecule has 0 heterocycles. The number of hydrogen-bond acceptors (Lipinski definition) is 8. The van der Waals surface area contributed by atoms with Crippen molar-refractivity contribution in [1.29, 1.82) is 0 Å². The van der Waals surface area contributed by atoms with Gasteiger partial charge in [-0.2, -0.15) is 0 Å². The Morgan fingerprint density at radius 1 is 0.162 bits per heavy atom. The van der Waals surface area contributed by atoms with E-state index < -0.39 is 43.9 Å². The summed E-state index contributed by atoms with van der Waals surface area (Å²) in [6, 6.07) is 0. The van der Waals surface area contributed by atoms with Gasteiger partial charge in [-0.15, -0.1) is 0 Å². The summed E-state index contributed by atoms with van der Waals surface area (Å²) in [6.07, 6.45) is 89.0. The van der Waals surface area contributed by atoms with Crippen LogP contribution in [0, 0.1) is 21.7 Å². The van der Waals surface area contributed by atoms with Gasteiger partial charge < -0.3 is 0 Å². The van der Waals surface area contributed by atoms with Gasteiger partial charge >= 0.3 is 332 Å². The molecule has 0 aromatic carbocycles. The zero-order chi connectivity index (χ0) is 77.4. The van der Waals surface area contributed by atoms with E-state index in [1.54, 1.807) is 0 Å². The molecule has 0 amide bonds. The summed E-state index contributed by atoms with van der Waals surface area (Å²) in [6.45, 7) is 28.1. The van der Waals surface area contributed by atoms with E-state index in [4.69, 9.17) is 12.3 Å². The van der Waals surface area contributed by atoms with Crippen molar-refractivity contribution in [3.8, 4) is 0 Å². The Labute approximate surface area is 663 Å². The molecule has 624 valence electrons. The summed E-state index contributed by atoms with van der Waals surface area (Å²) in [7, 11) is 0. The maximum atomic E-state index is 14.1. The third-order valence-corrected chi connectivity index (χ3v) is 30.5. The molecule has 0 aliphatic heterocycles. The molecule has 0 aromatic heterocycles. The summed E-state index contributed by atoms with van der Waals surface area (Å²) in [5, 5.41) is 0. The third kappa shape index (κ3) is 57.4. The van der Waals surface area contributed by atoms with E-state index in [2.05, 4.69) is 83.1 Å². The zero-order valence-corrected chi connectivity index (χ0v) is 76.4. The molecule has 0 atom stereocenters. The summed E-state index contributed by atoms with van der Waals surface area (Å²) >= 11 is -6.03. The van der Waals surface area contributed by atoms with Crippen molar-refractivity contribution >= 4 is 43.9 Å². The Kier molecular flexibility index (Phi) is 72.0. The van der Waals surface area contributed by atoms with Gasteiger partial charge in [-0.05, 0) is 98.7 Å². The molecule has 0 N–H and O–H groups in total. The van der Waals surface area contributed by atoms with Crippen LogP contribution in [0.5, 0.6) is 0 Å². The number of hydrogen-bond donors (Lipinski definition) is 0. The van der Waals surface area contributed by atoms with Gasteiger partial charge in [0.15, 0.2) is 0 Å². The molecule has 0 rings (SSSR count). The van der Waals surface area contributed by atoms with Crippen LogP contribution in [-0.2, 0) is 31.5 Å². The second-order valence-electron chi connectivity index (χ2n) is 35.0. The van der Waals surface area contributed by atoms with E-state index in [0.717, 1.165) is 77.0 Å². The van der Waals surface area contributed by atoms with Gasteiger partial charge in [-0.1, -0.05) is 237 Å². The molecule has 0 fully saturated rings. The van der Waals surface area contributed by atoms with Crippen molar-refractivity contribution in [2.75, 3.05) is 0 Å². The van der Waals surface area contributed by atoms with Gasteiger partial charge in [0.25, 0.3) is 0 Å². The average Bonchev–Trinajstić information content (AvgIpc) is 0.833. The molecule has 0 unspecified atom stereocenters. The fraction of sp³-hybridized carbons (Fsp3) is 0.958. The van der Waals surface area contributed by atoms with E-state index in [9.17, 15) is 19.2 Å². The van der Waals surface area contributed by atoms with Crippen LogP contribution in [0.3, 0.4) is 0 Å². The van der Waals surface area contributed by atoms with Gasteiger partial charge in [0, 0.05) is 0 Å². The Morgan fingerprint density at radius 3 is 0.390 bits per heavy atom. The van der Waals surface area contributed by atoms with Crippen LogP contribution in [0.2, 0.25) is 0 Å². The van der Waals surface area contributed by atoms with Gasteiger partial charge in [-0.25, -0.2) is 0 Å². The SMILES string of the molecule is CCCCC(CCCC)(CCCC)CCCCCCCCCCC(=O)[O][Sn]([O]C(=O)CCCCCCCCCCC(CCCC)(CCCC)CCCC)([O]C(=O)CCCCCCCCCCC(CCCC)(CCCC)CCCC)[O]C(=O)CCCCCCCCCCC(CCCC)(CCCC)CCCC. The van der Waals surface area contributed by atoms with Crippen LogP contribution in [0.15, 0.2) is 0 Å². The van der Waals surface area contributed by atoms with Crippen LogP contribution < -0.4 is 0 Å². The molecule has 8 nitrogen and oxygen atoms in total. The Morgan fingerprint density at radius 2 is 0.267 bits per heavy atom. The molecular formula is C96H188O8Sn. The number of rotatable bonds is 84. The molecule has 0 radical (unpaired) electrons. The van der Waals surface area contributed by atoms with Crippen molar-refractivity contribution in [3.63, 3.8) is 0 Å². The monoisotopic (exact) mass is 1590 g/mol. The summed E-state index contributed by atoms with van der Waals surface area (Å²) < 4.78 is 24.7. The molecule has 0 spiro atoms. The van der Waals surface area contributed by atoms with Gasteiger partial charge in [-0.3, -0.25) is 0 Å². The predicted octanol–water partition coefficient (Wildman–Crippen LogP) is 33.4. The van der Waals surface area contributed by atoms with Gasteiger partial charge in [0.1, 0.15) is 0 Å². The summed E-state index contributed by atoms with van der Waals surface area (Å²) in [5.41, 5.74) is 2.12. The van der Waals surface area contributed by atoms with Crippen LogP contribution >= 0.6 is 0 Å². The minimum absolute atomic E-state index is 0.0903. The topological polar surface area (TPSA) is 105 Å². The Balaban J connectivity index is 6.28. The number of carbonyl (C=O) groups is 4. The van der Waals surface area contributed by atoms with E-state index in [1.807, 2.05) is 0 Å². The molecular weight excluding hydrogens is 1400 g/mol. The van der Waals surface area contributed by atoms with Crippen molar-refractivity contribution in [1.82, 2.24) is 0 Å². The van der Waals surface area contributed by atoms with Crippen molar-refractivity contribution in [2.45, 2.75) is 571 Å². The normalized spacial score (nSPS) is 12.4. The fourth-order valence-electron chi connectivity index (χ4n) is 17.8. The van der Waals surface area contributed by atoms with Crippen LogP contribution in [0.4, 0.5) is 0 Å². The van der Waals surface area contributed by atoms with Crippen LogP contribution in [-0.4, -0.2) is 43.9 Å². The third-order valence-electron chi connectivity index (χ3n) is 25.0. The first kappa shape index (κ1) is 104. The molecule has 9 heteroatoms. The minimum atomic E-state index is -6.03. The number of unbranched alkanes of at least 4 members (excludes halogenated alkanes) is 40. The Bertz CT molecular complexity index is 1560. The second-order valence-corrected chi connectivity index (χ2v) is 40.1. The average molecular weight is 1590 g/mol. The van der Waals surface area contributed by atoms with Crippen LogP contribution in [0.1, 0.15) is 571 Å². The van der Waals surface area contributed by atoms with Gasteiger partial charge in [0.2, 0.25) is 0 Å². The second kappa shape index (κ2) is 72.9. The maximum absolute atomic E-state index is 14.1. The smallest absolute Gasteiger partial charge is 0.0654 e. The van der Waals surface area contributed by atoms with E-state index >= 15 is 0 Å². The fourth-order valence-corrected chi connectivity index (χ4v) is 22.9. The summed E-state index contributed by atoms with van der Waals surface area (Å²) in [5.74, 6) is -2.42.